The third-order valence-corrected chi connectivity index (χ3v) is 6.73. The van der Waals surface area contributed by atoms with Gasteiger partial charge in [-0.1, -0.05) is 6.42 Å². The van der Waals surface area contributed by atoms with Crippen molar-refractivity contribution >= 4 is 17.2 Å². The number of likely N-dealkylation sites (tertiary alicyclic amines) is 1. The molecule has 134 valence electrons. The fourth-order valence-corrected chi connectivity index (χ4v) is 5.02. The van der Waals surface area contributed by atoms with Crippen LogP contribution in [0.1, 0.15) is 69.8 Å². The standard InChI is InChI=1S/C19H26N4OS/c1-13-11-16(25-14(13)2)19(24)22-9-6-7-15(12-22)18-21-20-17-8-4-3-5-10-23(17)18/h11,15H,3-10,12H2,1-2H3. The smallest absolute Gasteiger partial charge is 0.263 e. The maximum atomic E-state index is 12.9. The van der Waals surface area contributed by atoms with Crippen molar-refractivity contribution in [2.45, 2.75) is 64.8 Å². The van der Waals surface area contributed by atoms with Crippen LogP contribution in [0.5, 0.6) is 0 Å². The molecule has 2 aromatic heterocycles. The van der Waals surface area contributed by atoms with Crippen LogP contribution in [-0.2, 0) is 13.0 Å². The van der Waals surface area contributed by atoms with E-state index in [0.29, 0.717) is 5.92 Å². The molecule has 2 aliphatic heterocycles. The Morgan fingerprint density at radius 2 is 2.04 bits per heavy atom. The van der Waals surface area contributed by atoms with Gasteiger partial charge in [0, 0.05) is 36.9 Å². The number of fused-ring (bicyclic) bond motifs is 1. The summed E-state index contributed by atoms with van der Waals surface area (Å²) in [7, 11) is 0. The van der Waals surface area contributed by atoms with E-state index in [4.69, 9.17) is 0 Å². The summed E-state index contributed by atoms with van der Waals surface area (Å²) in [5.41, 5.74) is 1.21. The summed E-state index contributed by atoms with van der Waals surface area (Å²) in [6.07, 6.45) is 6.88. The van der Waals surface area contributed by atoms with Crippen molar-refractivity contribution in [3.8, 4) is 0 Å². The average molecular weight is 359 g/mol. The van der Waals surface area contributed by atoms with Gasteiger partial charge in [0.05, 0.1) is 4.88 Å². The van der Waals surface area contributed by atoms with Crippen LogP contribution < -0.4 is 0 Å². The highest BCUT2D eigenvalue weighted by molar-refractivity contribution is 7.14. The summed E-state index contributed by atoms with van der Waals surface area (Å²) >= 11 is 1.62. The zero-order valence-electron chi connectivity index (χ0n) is 15.1. The molecular formula is C19H26N4OS. The third-order valence-electron chi connectivity index (χ3n) is 5.59. The minimum absolute atomic E-state index is 0.182. The fraction of sp³-hybridized carbons (Fsp3) is 0.632. The Morgan fingerprint density at radius 1 is 1.16 bits per heavy atom. The highest BCUT2D eigenvalue weighted by atomic mass is 32.1. The normalized spacial score (nSPS) is 21.0. The minimum Gasteiger partial charge on any atom is -0.337 e. The van der Waals surface area contributed by atoms with Crippen LogP contribution in [0.25, 0.3) is 0 Å². The fourth-order valence-electron chi connectivity index (χ4n) is 4.02. The van der Waals surface area contributed by atoms with E-state index in [0.717, 1.165) is 55.4 Å². The van der Waals surface area contributed by atoms with Crippen LogP contribution in [0, 0.1) is 13.8 Å². The van der Waals surface area contributed by atoms with E-state index in [1.165, 1.54) is 29.7 Å². The number of hydrogen-bond acceptors (Lipinski definition) is 4. The number of carbonyl (C=O) groups is 1. The van der Waals surface area contributed by atoms with E-state index in [9.17, 15) is 4.79 Å². The molecule has 1 fully saturated rings. The molecule has 5 nitrogen and oxygen atoms in total. The summed E-state index contributed by atoms with van der Waals surface area (Å²) < 4.78 is 2.34. The number of aromatic nitrogens is 3. The minimum atomic E-state index is 0.182. The summed E-state index contributed by atoms with van der Waals surface area (Å²) in [5.74, 6) is 2.74. The Kier molecular flexibility index (Phi) is 4.63. The monoisotopic (exact) mass is 358 g/mol. The van der Waals surface area contributed by atoms with Gasteiger partial charge in [-0.15, -0.1) is 21.5 Å². The van der Waals surface area contributed by atoms with E-state index in [-0.39, 0.29) is 5.91 Å². The maximum Gasteiger partial charge on any atom is 0.263 e. The molecule has 4 rings (SSSR count). The quantitative estimate of drug-likeness (QED) is 0.822. The van der Waals surface area contributed by atoms with Gasteiger partial charge in [0.2, 0.25) is 0 Å². The summed E-state index contributed by atoms with van der Waals surface area (Å²) in [4.78, 5) is 17.0. The van der Waals surface area contributed by atoms with Crippen LogP contribution in [0.2, 0.25) is 0 Å². The van der Waals surface area contributed by atoms with E-state index in [1.807, 2.05) is 11.0 Å². The second-order valence-corrected chi connectivity index (χ2v) is 8.63. The molecule has 0 aliphatic carbocycles. The van der Waals surface area contributed by atoms with Crippen LogP contribution >= 0.6 is 11.3 Å². The largest absolute Gasteiger partial charge is 0.337 e. The van der Waals surface area contributed by atoms with Gasteiger partial charge in [-0.3, -0.25) is 4.79 Å². The Hall–Kier alpha value is -1.69. The average Bonchev–Trinajstić information content (AvgIpc) is 3.09. The first-order chi connectivity index (χ1) is 12.1. The Labute approximate surface area is 153 Å². The number of nitrogens with zero attached hydrogens (tertiary/aromatic N) is 4. The predicted octanol–water partition coefficient (Wildman–Crippen LogP) is 3.70. The molecule has 0 saturated carbocycles. The van der Waals surface area contributed by atoms with Crippen molar-refractivity contribution < 1.29 is 4.79 Å². The van der Waals surface area contributed by atoms with Gasteiger partial charge in [-0.2, -0.15) is 0 Å². The molecule has 1 atom stereocenters. The number of piperidine rings is 1. The second kappa shape index (κ2) is 6.90. The molecule has 0 bridgehead atoms. The van der Waals surface area contributed by atoms with Gasteiger partial charge >= 0.3 is 0 Å². The molecule has 1 saturated heterocycles. The lowest BCUT2D eigenvalue weighted by Gasteiger charge is -2.32. The molecule has 0 spiro atoms. The molecule has 6 heteroatoms. The summed E-state index contributed by atoms with van der Waals surface area (Å²) in [6, 6.07) is 2.04. The number of hydrogen-bond donors (Lipinski definition) is 0. The predicted molar refractivity (Wildman–Crippen MR) is 99.2 cm³/mol. The lowest BCUT2D eigenvalue weighted by atomic mass is 9.97. The Morgan fingerprint density at radius 3 is 2.84 bits per heavy atom. The lowest BCUT2D eigenvalue weighted by Crippen LogP contribution is -2.39. The Balaban J connectivity index is 1.53. The lowest BCUT2D eigenvalue weighted by molar-refractivity contribution is 0.0708. The first kappa shape index (κ1) is 16.8. The number of carbonyl (C=O) groups excluding carboxylic acids is 1. The maximum absolute atomic E-state index is 12.9. The van der Waals surface area contributed by atoms with Gasteiger partial charge in [-0.25, -0.2) is 0 Å². The van der Waals surface area contributed by atoms with Crippen LogP contribution in [-0.4, -0.2) is 38.7 Å². The van der Waals surface area contributed by atoms with E-state index >= 15 is 0 Å². The first-order valence-electron chi connectivity index (χ1n) is 9.42. The second-order valence-electron chi connectivity index (χ2n) is 7.38. The molecule has 2 aliphatic rings. The molecule has 1 unspecified atom stereocenters. The molecular weight excluding hydrogens is 332 g/mol. The van der Waals surface area contributed by atoms with E-state index < -0.39 is 0 Å². The molecule has 2 aromatic rings. The first-order valence-corrected chi connectivity index (χ1v) is 10.2. The third kappa shape index (κ3) is 3.24. The van der Waals surface area contributed by atoms with Crippen molar-refractivity contribution in [3.05, 3.63) is 33.0 Å². The van der Waals surface area contributed by atoms with Crippen LogP contribution in [0.15, 0.2) is 6.07 Å². The molecule has 0 aromatic carbocycles. The van der Waals surface area contributed by atoms with Gasteiger partial charge in [-0.05, 0) is 51.2 Å². The Bertz CT molecular complexity index is 759. The zero-order valence-corrected chi connectivity index (χ0v) is 15.9. The van der Waals surface area contributed by atoms with E-state index in [2.05, 4.69) is 28.6 Å². The number of amides is 1. The topological polar surface area (TPSA) is 51.0 Å². The van der Waals surface area contributed by atoms with Gasteiger partial charge < -0.3 is 9.47 Å². The SMILES string of the molecule is Cc1cc(C(=O)N2CCCC(c3nnc4n3CCCCC4)C2)sc1C. The zero-order chi connectivity index (χ0) is 17.4. The van der Waals surface area contributed by atoms with Crippen molar-refractivity contribution in [3.63, 3.8) is 0 Å². The van der Waals surface area contributed by atoms with Gasteiger partial charge in [0.1, 0.15) is 11.6 Å². The van der Waals surface area contributed by atoms with Crippen molar-refractivity contribution in [2.75, 3.05) is 13.1 Å². The van der Waals surface area contributed by atoms with Crippen LogP contribution in [0.4, 0.5) is 0 Å². The molecule has 0 N–H and O–H groups in total. The number of thiophene rings is 1. The number of aryl methyl sites for hydroxylation is 3. The molecule has 1 amide bonds. The van der Waals surface area contributed by atoms with E-state index in [1.54, 1.807) is 11.3 Å². The summed E-state index contributed by atoms with van der Waals surface area (Å²) in [6.45, 7) is 6.82. The van der Waals surface area contributed by atoms with Crippen LogP contribution in [0.3, 0.4) is 0 Å². The summed E-state index contributed by atoms with van der Waals surface area (Å²) in [5, 5.41) is 8.97. The highest BCUT2D eigenvalue weighted by Crippen LogP contribution is 2.30. The highest BCUT2D eigenvalue weighted by Gasteiger charge is 2.30. The molecule has 25 heavy (non-hydrogen) atoms. The van der Waals surface area contributed by atoms with Crippen molar-refractivity contribution in [2.24, 2.45) is 0 Å². The van der Waals surface area contributed by atoms with Gasteiger partial charge in [0.25, 0.3) is 5.91 Å². The molecule has 0 radical (unpaired) electrons. The number of rotatable bonds is 2. The van der Waals surface area contributed by atoms with Crippen molar-refractivity contribution in [1.82, 2.24) is 19.7 Å². The van der Waals surface area contributed by atoms with Gasteiger partial charge in [0.15, 0.2) is 0 Å². The molecule has 4 heterocycles. The van der Waals surface area contributed by atoms with Crippen molar-refractivity contribution in [1.29, 1.82) is 0 Å².